The Hall–Kier alpha value is -1.74. The normalized spacial score (nSPS) is 10.8. The van der Waals surface area contributed by atoms with Crippen molar-refractivity contribution in [1.29, 1.82) is 0 Å². The van der Waals surface area contributed by atoms with Gasteiger partial charge in [0, 0.05) is 0 Å². The lowest BCUT2D eigenvalue weighted by Crippen LogP contribution is -2.25. The Morgan fingerprint density at radius 3 is 1.89 bits per heavy atom. The fraction of sp³-hybridized carbons (Fsp3) is 0.333. The van der Waals surface area contributed by atoms with E-state index in [1.807, 2.05) is 6.07 Å². The Kier molecular flexibility index (Phi) is 4.98. The lowest BCUT2D eigenvalue weighted by molar-refractivity contribution is 0.0379. The van der Waals surface area contributed by atoms with E-state index in [1.165, 1.54) is 0 Å². The molecule has 1 aromatic carbocycles. The predicted molar refractivity (Wildman–Crippen MR) is 73.1 cm³/mol. The molecule has 0 spiro atoms. The van der Waals surface area contributed by atoms with E-state index in [4.69, 9.17) is 9.47 Å². The third-order valence-corrected chi connectivity index (χ3v) is 2.86. The second kappa shape index (κ2) is 6.26. The fourth-order valence-electron chi connectivity index (χ4n) is 2.07. The maximum absolute atomic E-state index is 10.8. The molecule has 98 valence electrons. The van der Waals surface area contributed by atoms with Crippen molar-refractivity contribution in [2.24, 2.45) is 0 Å². The maximum atomic E-state index is 10.8. The van der Waals surface area contributed by atoms with Crippen LogP contribution < -0.4 is 9.47 Å². The summed E-state index contributed by atoms with van der Waals surface area (Å²) in [6.07, 6.45) is 4.15. The number of ether oxygens (including phenoxy) is 2. The van der Waals surface area contributed by atoms with E-state index in [0.29, 0.717) is 29.9 Å². The highest BCUT2D eigenvalue weighted by Crippen LogP contribution is 2.41. The van der Waals surface area contributed by atoms with Crippen LogP contribution in [0.25, 0.3) is 0 Å². The van der Waals surface area contributed by atoms with Crippen molar-refractivity contribution in [3.05, 3.63) is 49.1 Å². The Morgan fingerprint density at radius 2 is 1.56 bits per heavy atom. The summed E-state index contributed by atoms with van der Waals surface area (Å²) in [4.78, 5) is 0. The molecule has 1 N–H and O–H groups in total. The van der Waals surface area contributed by atoms with Crippen molar-refractivity contribution >= 4 is 0 Å². The molecule has 0 heterocycles. The molecule has 0 fully saturated rings. The van der Waals surface area contributed by atoms with Crippen LogP contribution in [0.15, 0.2) is 43.5 Å². The highest BCUT2D eigenvalue weighted by Gasteiger charge is 2.33. The van der Waals surface area contributed by atoms with Crippen molar-refractivity contribution < 1.29 is 14.6 Å². The minimum absolute atomic E-state index is 0.399. The molecule has 3 heteroatoms. The SMILES string of the molecule is C=CCC(O)(CC=C)c1c(OC)cccc1OC. The average molecular weight is 248 g/mol. The molecule has 18 heavy (non-hydrogen) atoms. The van der Waals surface area contributed by atoms with E-state index >= 15 is 0 Å². The zero-order valence-corrected chi connectivity index (χ0v) is 11.0. The number of aliphatic hydroxyl groups is 1. The van der Waals surface area contributed by atoms with Crippen molar-refractivity contribution in [3.63, 3.8) is 0 Å². The number of rotatable bonds is 7. The van der Waals surface area contributed by atoms with Gasteiger partial charge in [0.15, 0.2) is 0 Å². The molecule has 1 aromatic rings. The van der Waals surface area contributed by atoms with E-state index in [1.54, 1.807) is 38.5 Å². The first kappa shape index (κ1) is 14.3. The van der Waals surface area contributed by atoms with Gasteiger partial charge in [-0.2, -0.15) is 0 Å². The van der Waals surface area contributed by atoms with Crippen LogP contribution in [0.1, 0.15) is 18.4 Å². The summed E-state index contributed by atoms with van der Waals surface area (Å²) in [5, 5.41) is 10.8. The monoisotopic (exact) mass is 248 g/mol. The first-order valence-electron chi connectivity index (χ1n) is 5.78. The average Bonchev–Trinajstić information content (AvgIpc) is 2.38. The quantitative estimate of drug-likeness (QED) is 0.754. The molecular weight excluding hydrogens is 228 g/mol. The number of benzene rings is 1. The maximum Gasteiger partial charge on any atom is 0.128 e. The Labute approximate surface area is 108 Å². The number of hydrogen-bond acceptors (Lipinski definition) is 3. The van der Waals surface area contributed by atoms with Gasteiger partial charge in [-0.15, -0.1) is 13.2 Å². The summed E-state index contributed by atoms with van der Waals surface area (Å²) in [6.45, 7) is 7.38. The van der Waals surface area contributed by atoms with Crippen LogP contribution in [0.5, 0.6) is 11.5 Å². The number of methoxy groups -OCH3 is 2. The van der Waals surface area contributed by atoms with E-state index in [2.05, 4.69) is 13.2 Å². The van der Waals surface area contributed by atoms with Gasteiger partial charge in [-0.1, -0.05) is 18.2 Å². The van der Waals surface area contributed by atoms with Crippen LogP contribution in [-0.2, 0) is 5.60 Å². The third kappa shape index (κ3) is 2.74. The zero-order valence-electron chi connectivity index (χ0n) is 11.0. The Balaban J connectivity index is 3.41. The van der Waals surface area contributed by atoms with Gasteiger partial charge in [0.1, 0.15) is 17.1 Å². The summed E-state index contributed by atoms with van der Waals surface area (Å²) in [5.41, 5.74) is -0.476. The Bertz CT molecular complexity index is 391. The van der Waals surface area contributed by atoms with Crippen molar-refractivity contribution in [1.82, 2.24) is 0 Å². The fourth-order valence-corrected chi connectivity index (χ4v) is 2.07. The Morgan fingerprint density at radius 1 is 1.11 bits per heavy atom. The molecule has 0 saturated heterocycles. The molecule has 1 rings (SSSR count). The lowest BCUT2D eigenvalue weighted by atomic mass is 9.86. The zero-order chi connectivity index (χ0) is 13.6. The van der Waals surface area contributed by atoms with Crippen molar-refractivity contribution in [2.45, 2.75) is 18.4 Å². The summed E-state index contributed by atoms with van der Waals surface area (Å²) in [5.74, 6) is 1.20. The molecule has 0 unspecified atom stereocenters. The van der Waals surface area contributed by atoms with Gasteiger partial charge in [-0.25, -0.2) is 0 Å². The minimum Gasteiger partial charge on any atom is -0.496 e. The molecule has 0 aromatic heterocycles. The van der Waals surface area contributed by atoms with Crippen LogP contribution in [0, 0.1) is 0 Å². The molecule has 0 saturated carbocycles. The van der Waals surface area contributed by atoms with Crippen molar-refractivity contribution in [2.75, 3.05) is 14.2 Å². The summed E-state index contributed by atoms with van der Waals surface area (Å²) in [6, 6.07) is 5.42. The third-order valence-electron chi connectivity index (χ3n) is 2.86. The van der Waals surface area contributed by atoms with E-state index in [0.717, 1.165) is 0 Å². The molecule has 3 nitrogen and oxygen atoms in total. The largest absolute Gasteiger partial charge is 0.496 e. The molecule has 0 aliphatic carbocycles. The van der Waals surface area contributed by atoms with Gasteiger partial charge in [0.25, 0.3) is 0 Å². The first-order chi connectivity index (χ1) is 8.62. The van der Waals surface area contributed by atoms with Crippen LogP contribution in [0.4, 0.5) is 0 Å². The lowest BCUT2D eigenvalue weighted by Gasteiger charge is -2.29. The minimum atomic E-state index is -1.11. The highest BCUT2D eigenvalue weighted by atomic mass is 16.5. The summed E-state index contributed by atoms with van der Waals surface area (Å²) >= 11 is 0. The second-order valence-corrected chi connectivity index (χ2v) is 4.05. The molecule has 0 bridgehead atoms. The van der Waals surface area contributed by atoms with Gasteiger partial charge in [-0.3, -0.25) is 0 Å². The molecular formula is C15H20O3. The van der Waals surface area contributed by atoms with E-state index in [-0.39, 0.29) is 0 Å². The van der Waals surface area contributed by atoms with Gasteiger partial charge < -0.3 is 14.6 Å². The van der Waals surface area contributed by atoms with Crippen molar-refractivity contribution in [3.8, 4) is 11.5 Å². The standard InChI is InChI=1S/C15H20O3/c1-5-10-15(16,11-6-2)14-12(17-3)8-7-9-13(14)18-4/h5-9,16H,1-2,10-11H2,3-4H3. The van der Waals surface area contributed by atoms with Crippen LogP contribution in [-0.4, -0.2) is 19.3 Å². The number of hydrogen-bond donors (Lipinski definition) is 1. The second-order valence-electron chi connectivity index (χ2n) is 4.05. The van der Waals surface area contributed by atoms with E-state index < -0.39 is 5.60 Å². The van der Waals surface area contributed by atoms with Crippen LogP contribution >= 0.6 is 0 Å². The molecule has 0 radical (unpaired) electrons. The first-order valence-corrected chi connectivity index (χ1v) is 5.78. The molecule has 0 aliphatic heterocycles. The van der Waals surface area contributed by atoms with Gasteiger partial charge >= 0.3 is 0 Å². The van der Waals surface area contributed by atoms with Crippen LogP contribution in [0.2, 0.25) is 0 Å². The molecule has 0 atom stereocenters. The van der Waals surface area contributed by atoms with Gasteiger partial charge in [0.05, 0.1) is 19.8 Å². The molecule has 0 amide bonds. The predicted octanol–water partition coefficient (Wildman–Crippen LogP) is 3.04. The summed E-state index contributed by atoms with van der Waals surface area (Å²) < 4.78 is 10.6. The van der Waals surface area contributed by atoms with Crippen LogP contribution in [0.3, 0.4) is 0 Å². The highest BCUT2D eigenvalue weighted by molar-refractivity contribution is 5.49. The molecule has 0 aliphatic rings. The van der Waals surface area contributed by atoms with E-state index in [9.17, 15) is 5.11 Å². The van der Waals surface area contributed by atoms with Gasteiger partial charge in [-0.05, 0) is 25.0 Å². The summed E-state index contributed by atoms with van der Waals surface area (Å²) in [7, 11) is 3.14. The van der Waals surface area contributed by atoms with Gasteiger partial charge in [0.2, 0.25) is 0 Å². The smallest absolute Gasteiger partial charge is 0.128 e. The topological polar surface area (TPSA) is 38.7 Å².